The highest BCUT2D eigenvalue weighted by Gasteiger charge is 2.23. The number of carbonyl (C=O) groups is 1. The van der Waals surface area contributed by atoms with Crippen molar-refractivity contribution in [3.8, 4) is 5.69 Å². The van der Waals surface area contributed by atoms with Crippen molar-refractivity contribution in [2.75, 3.05) is 12.8 Å². The smallest absolute Gasteiger partial charge is 0.350 e. The predicted molar refractivity (Wildman–Crippen MR) is 105 cm³/mol. The van der Waals surface area contributed by atoms with Crippen LogP contribution in [0.3, 0.4) is 0 Å². The molecule has 2 heterocycles. The number of hydrogen-bond donors (Lipinski definition) is 1. The summed E-state index contributed by atoms with van der Waals surface area (Å²) in [5, 5.41) is 1.99. The van der Waals surface area contributed by atoms with Crippen molar-refractivity contribution < 1.29 is 9.53 Å². The Morgan fingerprint density at radius 1 is 1.08 bits per heavy atom. The molecule has 2 aromatic carbocycles. The molecule has 4 rings (SSSR count). The largest absolute Gasteiger partial charge is 0.465 e. The summed E-state index contributed by atoms with van der Waals surface area (Å²) in [7, 11) is 1.32. The quantitative estimate of drug-likeness (QED) is 0.548. The van der Waals surface area contributed by atoms with Crippen LogP contribution in [0.5, 0.6) is 0 Å². The zero-order valence-electron chi connectivity index (χ0n) is 14.3. The molecule has 26 heavy (non-hydrogen) atoms. The first-order valence-electron chi connectivity index (χ1n) is 8.04. The fourth-order valence-corrected chi connectivity index (χ4v) is 4.30. The first-order valence-corrected chi connectivity index (χ1v) is 8.85. The number of pyridine rings is 1. The maximum atomic E-state index is 13.2. The molecule has 130 valence electrons. The molecule has 2 aromatic heterocycles. The Morgan fingerprint density at radius 3 is 2.38 bits per heavy atom. The number of fused-ring (bicyclic) bond motifs is 3. The van der Waals surface area contributed by atoms with Gasteiger partial charge in [0.25, 0.3) is 5.56 Å². The second-order valence-electron chi connectivity index (χ2n) is 6.04. The molecule has 6 heteroatoms. The van der Waals surface area contributed by atoms with Crippen molar-refractivity contribution in [1.29, 1.82) is 0 Å². The summed E-state index contributed by atoms with van der Waals surface area (Å²) in [6, 6.07) is 15.0. The van der Waals surface area contributed by atoms with Crippen LogP contribution in [0.4, 0.5) is 5.69 Å². The first kappa shape index (κ1) is 16.4. The van der Waals surface area contributed by atoms with Gasteiger partial charge in [-0.1, -0.05) is 35.9 Å². The molecule has 0 aliphatic carbocycles. The second-order valence-corrected chi connectivity index (χ2v) is 7.04. The number of methoxy groups -OCH3 is 1. The lowest BCUT2D eigenvalue weighted by molar-refractivity contribution is 0.0607. The van der Waals surface area contributed by atoms with Gasteiger partial charge in [0.05, 0.1) is 18.5 Å². The average molecular weight is 364 g/mol. The van der Waals surface area contributed by atoms with Crippen molar-refractivity contribution in [1.82, 2.24) is 4.57 Å². The number of nitrogens with two attached hydrogens (primary N) is 1. The lowest BCUT2D eigenvalue weighted by Crippen LogP contribution is -2.18. The third-order valence-corrected chi connectivity index (χ3v) is 5.59. The zero-order chi connectivity index (χ0) is 18.4. The number of hydrogen-bond acceptors (Lipinski definition) is 5. The van der Waals surface area contributed by atoms with Crippen LogP contribution in [0.1, 0.15) is 15.2 Å². The number of nitrogen functional groups attached to an aromatic ring is 1. The molecule has 2 N–H and O–H groups in total. The number of esters is 1. The summed E-state index contributed by atoms with van der Waals surface area (Å²) in [6.07, 6.45) is 0. The van der Waals surface area contributed by atoms with Crippen molar-refractivity contribution in [2.24, 2.45) is 0 Å². The molecule has 0 saturated carbocycles. The first-order chi connectivity index (χ1) is 12.5. The molecule has 0 spiro atoms. The van der Waals surface area contributed by atoms with Gasteiger partial charge in [0.1, 0.15) is 9.71 Å². The SMILES string of the molecule is COC(=O)c1sc2c(c1N)c1ccccc1c(=O)n2-c1ccc(C)cc1. The predicted octanol–water partition coefficient (Wildman–Crippen LogP) is 3.88. The molecule has 0 radical (unpaired) electrons. The highest BCUT2D eigenvalue weighted by molar-refractivity contribution is 7.21. The van der Waals surface area contributed by atoms with E-state index in [1.54, 1.807) is 10.6 Å². The minimum atomic E-state index is -0.504. The van der Waals surface area contributed by atoms with Crippen molar-refractivity contribution in [3.05, 3.63) is 69.3 Å². The normalized spacial score (nSPS) is 11.2. The van der Waals surface area contributed by atoms with Crippen LogP contribution in [0, 0.1) is 6.92 Å². The number of benzene rings is 2. The van der Waals surface area contributed by atoms with E-state index in [2.05, 4.69) is 0 Å². The van der Waals surface area contributed by atoms with E-state index in [0.29, 0.717) is 26.2 Å². The molecule has 0 saturated heterocycles. The molecule has 0 fully saturated rings. The summed E-state index contributed by atoms with van der Waals surface area (Å²) in [5.41, 5.74) is 8.32. The lowest BCUT2D eigenvalue weighted by atomic mass is 10.1. The fraction of sp³-hybridized carbons (Fsp3) is 0.100. The van der Waals surface area contributed by atoms with E-state index in [9.17, 15) is 9.59 Å². The molecule has 0 aliphatic heterocycles. The standard InChI is InChI=1S/C20H16N2O3S/c1-11-7-9-12(10-8-11)22-18(23)14-6-4-3-5-13(14)15-16(21)17(20(24)25-2)26-19(15)22/h3-10H,21H2,1-2H3. The average Bonchev–Trinajstić information content (AvgIpc) is 3.00. The number of aromatic nitrogens is 1. The maximum Gasteiger partial charge on any atom is 0.350 e. The fourth-order valence-electron chi connectivity index (χ4n) is 3.12. The monoisotopic (exact) mass is 364 g/mol. The zero-order valence-corrected chi connectivity index (χ0v) is 15.1. The number of ether oxygens (including phenoxy) is 1. The van der Waals surface area contributed by atoms with Gasteiger partial charge in [-0.2, -0.15) is 0 Å². The number of thiophene rings is 1. The number of aryl methyl sites for hydroxylation is 1. The Bertz CT molecular complexity index is 1220. The van der Waals surface area contributed by atoms with Gasteiger partial charge >= 0.3 is 5.97 Å². The Morgan fingerprint density at radius 2 is 1.73 bits per heavy atom. The van der Waals surface area contributed by atoms with Gasteiger partial charge in [-0.3, -0.25) is 9.36 Å². The molecule has 0 atom stereocenters. The molecule has 0 unspecified atom stereocenters. The second kappa shape index (κ2) is 6.00. The Balaban J connectivity index is 2.22. The number of carbonyl (C=O) groups excluding carboxylic acids is 1. The molecule has 5 nitrogen and oxygen atoms in total. The van der Waals surface area contributed by atoms with Gasteiger partial charge in [0.2, 0.25) is 0 Å². The summed E-state index contributed by atoms with van der Waals surface area (Å²) in [5.74, 6) is -0.504. The third-order valence-electron chi connectivity index (χ3n) is 4.42. The lowest BCUT2D eigenvalue weighted by Gasteiger charge is -2.11. The summed E-state index contributed by atoms with van der Waals surface area (Å²) in [6.45, 7) is 1.99. The molecule has 4 aromatic rings. The number of nitrogens with zero attached hydrogens (tertiary/aromatic N) is 1. The molecule has 0 amide bonds. The number of anilines is 1. The van der Waals surface area contributed by atoms with Crippen LogP contribution in [0.25, 0.3) is 26.7 Å². The van der Waals surface area contributed by atoms with Crippen molar-refractivity contribution >= 4 is 44.0 Å². The summed E-state index contributed by atoms with van der Waals surface area (Å²) < 4.78 is 6.47. The van der Waals surface area contributed by atoms with Gasteiger partial charge in [0.15, 0.2) is 0 Å². The highest BCUT2D eigenvalue weighted by atomic mass is 32.1. The minimum absolute atomic E-state index is 0.144. The van der Waals surface area contributed by atoms with Crippen LogP contribution in [-0.4, -0.2) is 17.6 Å². The molecule has 0 bridgehead atoms. The number of rotatable bonds is 2. The van der Waals surface area contributed by atoms with E-state index in [0.717, 1.165) is 16.6 Å². The van der Waals surface area contributed by atoms with E-state index < -0.39 is 5.97 Å². The third kappa shape index (κ3) is 2.30. The molecular weight excluding hydrogens is 348 g/mol. The molecular formula is C20H16N2O3S. The Hall–Kier alpha value is -3.12. The minimum Gasteiger partial charge on any atom is -0.465 e. The molecule has 0 aliphatic rings. The van der Waals surface area contributed by atoms with E-state index >= 15 is 0 Å². The van der Waals surface area contributed by atoms with Crippen LogP contribution in [0.2, 0.25) is 0 Å². The van der Waals surface area contributed by atoms with Crippen molar-refractivity contribution in [3.63, 3.8) is 0 Å². The van der Waals surface area contributed by atoms with Crippen LogP contribution in [0.15, 0.2) is 53.3 Å². The maximum absolute atomic E-state index is 13.2. The van der Waals surface area contributed by atoms with E-state index in [4.69, 9.17) is 10.5 Å². The van der Waals surface area contributed by atoms with E-state index in [1.807, 2.05) is 49.4 Å². The Kier molecular flexibility index (Phi) is 3.77. The Labute approximate surface area is 153 Å². The van der Waals surface area contributed by atoms with Gasteiger partial charge in [0, 0.05) is 10.8 Å². The van der Waals surface area contributed by atoms with Gasteiger partial charge in [-0.25, -0.2) is 4.79 Å². The van der Waals surface area contributed by atoms with Crippen LogP contribution < -0.4 is 11.3 Å². The van der Waals surface area contributed by atoms with E-state index in [-0.39, 0.29) is 5.56 Å². The van der Waals surface area contributed by atoms with Crippen LogP contribution >= 0.6 is 11.3 Å². The highest BCUT2D eigenvalue weighted by Crippen LogP contribution is 2.38. The van der Waals surface area contributed by atoms with Gasteiger partial charge in [-0.05, 0) is 30.5 Å². The summed E-state index contributed by atoms with van der Waals surface area (Å²) in [4.78, 5) is 26.3. The topological polar surface area (TPSA) is 74.3 Å². The van der Waals surface area contributed by atoms with Crippen molar-refractivity contribution in [2.45, 2.75) is 6.92 Å². The summed E-state index contributed by atoms with van der Waals surface area (Å²) >= 11 is 1.17. The van der Waals surface area contributed by atoms with Gasteiger partial charge < -0.3 is 10.5 Å². The van der Waals surface area contributed by atoms with E-state index in [1.165, 1.54) is 18.4 Å². The van der Waals surface area contributed by atoms with Crippen LogP contribution in [-0.2, 0) is 4.74 Å². The van der Waals surface area contributed by atoms with Gasteiger partial charge in [-0.15, -0.1) is 11.3 Å².